The summed E-state index contributed by atoms with van der Waals surface area (Å²) in [5.74, 6) is 1.20. The van der Waals surface area contributed by atoms with Gasteiger partial charge in [0.1, 0.15) is 0 Å². The van der Waals surface area contributed by atoms with Crippen molar-refractivity contribution in [2.45, 2.75) is 22.7 Å². The molecule has 2 aromatic heterocycles. The van der Waals surface area contributed by atoms with Gasteiger partial charge in [-0.25, -0.2) is 0 Å². The molecule has 23 heavy (non-hydrogen) atoms. The summed E-state index contributed by atoms with van der Waals surface area (Å²) in [6, 6.07) is 9.67. The fourth-order valence-corrected chi connectivity index (χ4v) is 4.13. The van der Waals surface area contributed by atoms with E-state index in [1.165, 1.54) is 0 Å². The number of thioether (sulfide) groups is 1. The van der Waals surface area contributed by atoms with Crippen molar-refractivity contribution >= 4 is 34.0 Å². The maximum absolute atomic E-state index is 12.6. The Labute approximate surface area is 142 Å². The Bertz CT molecular complexity index is 799. The number of imidazole rings is 1. The maximum Gasteiger partial charge on any atom is 0.322 e. The predicted octanol–water partition coefficient (Wildman–Crippen LogP) is 3.85. The summed E-state index contributed by atoms with van der Waals surface area (Å²) in [6.45, 7) is 5.76. The van der Waals surface area contributed by atoms with Crippen molar-refractivity contribution in [3.63, 3.8) is 0 Å². The molecule has 4 nitrogen and oxygen atoms in total. The highest BCUT2D eigenvalue weighted by atomic mass is 32.2. The average molecular weight is 343 g/mol. The highest BCUT2D eigenvalue weighted by Crippen LogP contribution is 2.26. The van der Waals surface area contributed by atoms with Crippen molar-refractivity contribution in [1.82, 2.24) is 15.0 Å². The van der Waals surface area contributed by atoms with E-state index in [2.05, 4.69) is 21.5 Å². The average Bonchev–Trinajstić information content (AvgIpc) is 3.00. The monoisotopic (exact) mass is 343 g/mol. The molecule has 1 N–H and O–H groups in total. The minimum atomic E-state index is -1.25. The van der Waals surface area contributed by atoms with Crippen LogP contribution in [0.15, 0.2) is 59.2 Å². The SMILES string of the molecule is C=CCSc1ccnc(C[S+]([O-])c2nc3ccccc3[nH]2)c1C. The molecule has 1 atom stereocenters. The molecule has 3 rings (SSSR count). The van der Waals surface area contributed by atoms with Gasteiger partial charge in [-0.1, -0.05) is 18.2 Å². The van der Waals surface area contributed by atoms with Crippen LogP contribution in [0, 0.1) is 6.92 Å². The minimum absolute atomic E-state index is 0.355. The van der Waals surface area contributed by atoms with E-state index in [0.717, 1.165) is 32.9 Å². The van der Waals surface area contributed by atoms with E-state index >= 15 is 0 Å². The zero-order valence-electron chi connectivity index (χ0n) is 12.8. The molecule has 0 bridgehead atoms. The number of benzene rings is 1. The number of fused-ring (bicyclic) bond motifs is 1. The second kappa shape index (κ2) is 7.21. The van der Waals surface area contributed by atoms with E-state index in [1.54, 1.807) is 18.0 Å². The van der Waals surface area contributed by atoms with Crippen molar-refractivity contribution in [2.75, 3.05) is 5.75 Å². The number of nitrogens with zero attached hydrogens (tertiary/aromatic N) is 2. The lowest BCUT2D eigenvalue weighted by Crippen LogP contribution is -2.10. The molecule has 1 aromatic carbocycles. The fourth-order valence-electron chi connectivity index (χ4n) is 2.24. The maximum atomic E-state index is 12.6. The van der Waals surface area contributed by atoms with Gasteiger partial charge in [-0.3, -0.25) is 9.97 Å². The number of hydrogen-bond acceptors (Lipinski definition) is 4. The van der Waals surface area contributed by atoms with E-state index in [1.807, 2.05) is 43.3 Å². The standard InChI is InChI=1S/C17H17N3OS2/c1-3-10-22-16-8-9-18-15(12(16)2)11-23(21)17-19-13-6-4-5-7-14(13)20-17/h3-9H,1,10-11H2,2H3,(H,19,20). The number of pyridine rings is 1. The third-order valence-corrected chi connectivity index (χ3v) is 5.78. The molecule has 0 saturated heterocycles. The van der Waals surface area contributed by atoms with Crippen molar-refractivity contribution in [3.8, 4) is 0 Å². The third kappa shape index (κ3) is 3.60. The van der Waals surface area contributed by atoms with Gasteiger partial charge in [-0.15, -0.1) is 18.3 Å². The van der Waals surface area contributed by atoms with Gasteiger partial charge >= 0.3 is 5.16 Å². The number of nitrogens with one attached hydrogen (secondary N) is 1. The summed E-state index contributed by atoms with van der Waals surface area (Å²) in [7, 11) is 0. The highest BCUT2D eigenvalue weighted by Gasteiger charge is 2.19. The van der Waals surface area contributed by atoms with Gasteiger partial charge in [-0.05, 0) is 30.7 Å². The van der Waals surface area contributed by atoms with Crippen molar-refractivity contribution in [1.29, 1.82) is 0 Å². The van der Waals surface area contributed by atoms with Crippen LogP contribution in [0.5, 0.6) is 0 Å². The molecular formula is C17H17N3OS2. The summed E-state index contributed by atoms with van der Waals surface area (Å²) >= 11 is 0.458. The molecule has 2 heterocycles. The molecule has 0 radical (unpaired) electrons. The number of rotatable bonds is 6. The molecule has 1 unspecified atom stereocenters. The van der Waals surface area contributed by atoms with Gasteiger partial charge in [0.05, 0.1) is 16.7 Å². The first-order valence-electron chi connectivity index (χ1n) is 7.20. The van der Waals surface area contributed by atoms with Crippen LogP contribution in [-0.4, -0.2) is 25.3 Å². The molecule has 0 aliphatic carbocycles. The third-order valence-electron chi connectivity index (χ3n) is 3.47. The zero-order valence-corrected chi connectivity index (χ0v) is 14.4. The summed E-state index contributed by atoms with van der Waals surface area (Å²) in [5.41, 5.74) is 3.65. The predicted molar refractivity (Wildman–Crippen MR) is 96.1 cm³/mol. The van der Waals surface area contributed by atoms with Gasteiger partial charge in [0, 0.05) is 28.0 Å². The zero-order chi connectivity index (χ0) is 16.2. The van der Waals surface area contributed by atoms with Crippen LogP contribution in [-0.2, 0) is 16.9 Å². The largest absolute Gasteiger partial charge is 0.609 e. The Balaban J connectivity index is 1.82. The Morgan fingerprint density at radius 3 is 2.96 bits per heavy atom. The molecular weight excluding hydrogens is 326 g/mol. The smallest absolute Gasteiger partial charge is 0.322 e. The minimum Gasteiger partial charge on any atom is -0.609 e. The van der Waals surface area contributed by atoms with Crippen molar-refractivity contribution < 1.29 is 4.55 Å². The first kappa shape index (κ1) is 16.1. The van der Waals surface area contributed by atoms with Gasteiger partial charge in [0.2, 0.25) is 0 Å². The first-order valence-corrected chi connectivity index (χ1v) is 9.51. The van der Waals surface area contributed by atoms with Crippen LogP contribution in [0.3, 0.4) is 0 Å². The fraction of sp³-hybridized carbons (Fsp3) is 0.176. The van der Waals surface area contributed by atoms with Crippen molar-refractivity contribution in [2.24, 2.45) is 0 Å². The second-order valence-corrected chi connectivity index (χ2v) is 7.46. The summed E-state index contributed by atoms with van der Waals surface area (Å²) in [6.07, 6.45) is 3.64. The first-order chi connectivity index (χ1) is 11.2. The van der Waals surface area contributed by atoms with Crippen LogP contribution in [0.4, 0.5) is 0 Å². The summed E-state index contributed by atoms with van der Waals surface area (Å²) in [4.78, 5) is 13.1. The second-order valence-electron chi connectivity index (χ2n) is 5.03. The van der Waals surface area contributed by atoms with Crippen LogP contribution in [0.2, 0.25) is 0 Å². The number of aromatic amines is 1. The molecule has 6 heteroatoms. The van der Waals surface area contributed by atoms with Gasteiger partial charge in [-0.2, -0.15) is 4.98 Å². The van der Waals surface area contributed by atoms with Crippen LogP contribution in [0.1, 0.15) is 11.3 Å². The molecule has 0 amide bonds. The van der Waals surface area contributed by atoms with Gasteiger partial charge < -0.3 is 4.55 Å². The lowest BCUT2D eigenvalue weighted by molar-refractivity contribution is 0.586. The van der Waals surface area contributed by atoms with E-state index in [9.17, 15) is 4.55 Å². The number of H-pyrrole nitrogens is 1. The lowest BCUT2D eigenvalue weighted by Gasteiger charge is -2.11. The van der Waals surface area contributed by atoms with Crippen molar-refractivity contribution in [3.05, 3.63) is 60.4 Å². The molecule has 0 aliphatic heterocycles. The van der Waals surface area contributed by atoms with Crippen LogP contribution < -0.4 is 0 Å². The normalized spacial score (nSPS) is 12.4. The molecule has 118 valence electrons. The number of hydrogen-bond donors (Lipinski definition) is 1. The summed E-state index contributed by atoms with van der Waals surface area (Å²) < 4.78 is 12.6. The number of para-hydroxylation sites is 2. The molecule has 0 saturated carbocycles. The molecule has 0 spiro atoms. The lowest BCUT2D eigenvalue weighted by atomic mass is 10.2. The van der Waals surface area contributed by atoms with E-state index in [0.29, 0.717) is 10.9 Å². The quantitative estimate of drug-likeness (QED) is 0.419. The highest BCUT2D eigenvalue weighted by molar-refractivity contribution is 7.99. The Hall–Kier alpha value is -1.76. The Morgan fingerprint density at radius 2 is 2.17 bits per heavy atom. The summed E-state index contributed by atoms with van der Waals surface area (Å²) in [5, 5.41) is 0.497. The molecule has 3 aromatic rings. The molecule has 0 aliphatic rings. The van der Waals surface area contributed by atoms with E-state index in [4.69, 9.17) is 0 Å². The van der Waals surface area contributed by atoms with Gasteiger partial charge in [0.15, 0.2) is 5.75 Å². The number of aromatic nitrogens is 3. The van der Waals surface area contributed by atoms with E-state index < -0.39 is 11.2 Å². The van der Waals surface area contributed by atoms with Gasteiger partial charge in [0.25, 0.3) is 0 Å². The van der Waals surface area contributed by atoms with E-state index in [-0.39, 0.29) is 0 Å². The van der Waals surface area contributed by atoms with Crippen LogP contribution in [0.25, 0.3) is 11.0 Å². The van der Waals surface area contributed by atoms with Crippen LogP contribution >= 0.6 is 11.8 Å². The Kier molecular flexibility index (Phi) is 5.05. The Morgan fingerprint density at radius 1 is 1.35 bits per heavy atom. The topological polar surface area (TPSA) is 64.6 Å². The molecule has 0 fully saturated rings.